The molecule has 8 aliphatic rings. The number of carbonyl (C=O) groups excluding carboxylic acids is 1. The van der Waals surface area contributed by atoms with E-state index in [0.717, 1.165) is 88.4 Å². The lowest BCUT2D eigenvalue weighted by Gasteiger charge is -2.59. The lowest BCUT2D eigenvalue weighted by molar-refractivity contribution is -0.384. The normalized spacial score (nSPS) is 24.8. The van der Waals surface area contributed by atoms with E-state index >= 15 is 4.39 Å². The standard InChI is InChI=1S/C60H65F2N9O10S/c1-35-4-2-3-5-41(35)51-32-68(46-14-25-79-56-42(46)8-9-44(61)54(56)62)20-21-69(51)39-30-60(31-39)15-18-67(19-16-60)38-6-7-43(48(27-38)70-47-13-24-78-34-53(47)81-59-50(70)26-37-10-17-63-57(37)65-59)58(72)66-82(75,76)40-28-49(71(73)74)55-52(29-40)80-33-45(64-55)36-11-22-77-23-12-36/h2-10,17,26-29,36,39,45-47,51,53,64H,11-16,18-25,30-34H2,1H3,(H,63,65)(H,66,72)/t45-,46-,47-,51-,53-/m0/s1. The minimum Gasteiger partial charge on any atom is -0.490 e. The maximum Gasteiger partial charge on any atom is 0.297 e. The highest BCUT2D eigenvalue weighted by atomic mass is 32.2. The van der Waals surface area contributed by atoms with Crippen LogP contribution in [0.15, 0.2) is 90.0 Å². The van der Waals surface area contributed by atoms with E-state index in [1.807, 2.05) is 24.3 Å². The van der Waals surface area contributed by atoms with Gasteiger partial charge in [0.05, 0.1) is 46.4 Å². The molecule has 0 unspecified atom stereocenters. The minimum absolute atomic E-state index is 0.0116. The highest BCUT2D eigenvalue weighted by Crippen LogP contribution is 2.55. The van der Waals surface area contributed by atoms with E-state index in [9.17, 15) is 27.7 Å². The van der Waals surface area contributed by atoms with E-state index in [1.54, 1.807) is 18.3 Å². The molecule has 2 aromatic heterocycles. The molecule has 82 heavy (non-hydrogen) atoms. The maximum atomic E-state index is 15.0. The summed E-state index contributed by atoms with van der Waals surface area (Å²) in [5.41, 5.74) is 5.60. The Morgan fingerprint density at radius 1 is 0.854 bits per heavy atom. The summed E-state index contributed by atoms with van der Waals surface area (Å²) in [6.45, 7) is 8.42. The summed E-state index contributed by atoms with van der Waals surface area (Å²) in [4.78, 5) is 44.0. The van der Waals surface area contributed by atoms with E-state index in [1.165, 1.54) is 23.3 Å². The van der Waals surface area contributed by atoms with E-state index in [0.29, 0.717) is 73.8 Å². The summed E-state index contributed by atoms with van der Waals surface area (Å²) < 4.78 is 90.3. The topological polar surface area (TPSA) is 206 Å². The number of H-pyrrole nitrogens is 1. The van der Waals surface area contributed by atoms with Crippen LogP contribution in [0.4, 0.5) is 37.2 Å². The zero-order chi connectivity index (χ0) is 56.0. The first-order valence-corrected chi connectivity index (χ1v) is 30.2. The molecule has 22 heteroatoms. The molecule has 430 valence electrons. The largest absolute Gasteiger partial charge is 0.490 e. The second-order valence-electron chi connectivity index (χ2n) is 23.5. The van der Waals surface area contributed by atoms with Crippen molar-refractivity contribution < 1.29 is 50.6 Å². The zero-order valence-electron chi connectivity index (χ0n) is 45.5. The number of rotatable bonds is 10. The fourth-order valence-electron chi connectivity index (χ4n) is 14.6. The van der Waals surface area contributed by atoms with Crippen LogP contribution in [0.1, 0.15) is 90.5 Å². The van der Waals surface area contributed by atoms with Crippen molar-refractivity contribution in [2.75, 3.05) is 87.5 Å². The van der Waals surface area contributed by atoms with Crippen molar-refractivity contribution in [3.63, 3.8) is 0 Å². The van der Waals surface area contributed by atoms with Crippen LogP contribution < -0.4 is 34.0 Å². The molecular formula is C60H65F2N9O10S. The molecular weight excluding hydrogens is 1080 g/mol. The van der Waals surface area contributed by atoms with Gasteiger partial charge in [-0.1, -0.05) is 30.3 Å². The lowest BCUT2D eigenvalue weighted by atomic mass is 9.59. The first kappa shape index (κ1) is 52.9. The summed E-state index contributed by atoms with van der Waals surface area (Å²) in [7, 11) is -4.73. The van der Waals surface area contributed by atoms with Crippen LogP contribution in [-0.2, 0) is 19.5 Å². The van der Waals surface area contributed by atoms with Crippen molar-refractivity contribution in [3.8, 4) is 17.4 Å². The fourth-order valence-corrected chi connectivity index (χ4v) is 15.6. The molecule has 6 aromatic rings. The van der Waals surface area contributed by atoms with Gasteiger partial charge in [0.15, 0.2) is 23.0 Å². The van der Waals surface area contributed by atoms with E-state index in [4.69, 9.17) is 28.7 Å². The Hall–Kier alpha value is -7.11. The van der Waals surface area contributed by atoms with Gasteiger partial charge in [-0.05, 0) is 111 Å². The SMILES string of the molecule is Cc1ccccc1[C@@H]1CN([C@H]2CCOc3c2ccc(F)c3F)CCN1C1CC2(CCN(c3ccc(C(=O)NS(=O)(=O)c4cc5c(c([N+](=O)[O-])c4)N[C@H](C4CCOCC4)CO5)c(N4c5cc6cc[nH]c6nc5O[C@H]5COCC[C@@H]54)c3)CC2)C1. The van der Waals surface area contributed by atoms with Gasteiger partial charge < -0.3 is 43.8 Å². The molecule has 4 saturated heterocycles. The van der Waals surface area contributed by atoms with E-state index in [2.05, 4.69) is 65.8 Å². The Morgan fingerprint density at radius 2 is 1.67 bits per heavy atom. The molecule has 4 aromatic carbocycles. The number of nitrogens with zero attached hydrogens (tertiary/aromatic N) is 6. The van der Waals surface area contributed by atoms with Crippen LogP contribution in [-0.4, -0.2) is 136 Å². The Bertz CT molecular complexity index is 3600. The highest BCUT2D eigenvalue weighted by molar-refractivity contribution is 7.90. The molecule has 3 N–H and O–H groups in total. The number of pyridine rings is 1. The summed E-state index contributed by atoms with van der Waals surface area (Å²) in [6, 6.07) is 22.9. The summed E-state index contributed by atoms with van der Waals surface area (Å²) in [6.07, 6.45) is 8.09. The minimum atomic E-state index is -4.73. The number of nitro benzene ring substituents is 1. The van der Waals surface area contributed by atoms with Crippen LogP contribution >= 0.6 is 0 Å². The number of nitro groups is 1. The number of carbonyl (C=O) groups is 1. The Kier molecular flexibility index (Phi) is 13.5. The predicted molar refractivity (Wildman–Crippen MR) is 301 cm³/mol. The van der Waals surface area contributed by atoms with Crippen LogP contribution in [0.25, 0.3) is 11.0 Å². The average molecular weight is 1140 g/mol. The van der Waals surface area contributed by atoms with Gasteiger partial charge >= 0.3 is 0 Å². The van der Waals surface area contributed by atoms with Crippen molar-refractivity contribution >= 4 is 55.4 Å². The third-order valence-electron chi connectivity index (χ3n) is 19.0. The van der Waals surface area contributed by atoms with Crippen molar-refractivity contribution in [1.29, 1.82) is 0 Å². The van der Waals surface area contributed by atoms with Crippen LogP contribution in [0, 0.1) is 40.0 Å². The number of hydrogen-bond donors (Lipinski definition) is 3. The fraction of sp³-hybridized carbons (Fsp3) is 0.467. The van der Waals surface area contributed by atoms with Crippen molar-refractivity contribution in [2.45, 2.75) is 99.5 Å². The molecule has 9 heterocycles. The summed E-state index contributed by atoms with van der Waals surface area (Å²) in [5, 5.41) is 16.7. The molecule has 0 radical (unpaired) electrons. The molecule has 1 saturated carbocycles. The average Bonchev–Trinajstić information content (AvgIpc) is 3.60. The van der Waals surface area contributed by atoms with Crippen LogP contribution in [0.3, 0.4) is 0 Å². The van der Waals surface area contributed by atoms with E-state index in [-0.39, 0.29) is 71.5 Å². The van der Waals surface area contributed by atoms with Crippen molar-refractivity contribution in [2.24, 2.45) is 11.3 Å². The monoisotopic (exact) mass is 1140 g/mol. The molecule has 5 atom stereocenters. The third kappa shape index (κ3) is 9.43. The first-order valence-electron chi connectivity index (χ1n) is 28.7. The van der Waals surface area contributed by atoms with Gasteiger partial charge in [-0.25, -0.2) is 17.5 Å². The van der Waals surface area contributed by atoms with Crippen molar-refractivity contribution in [1.82, 2.24) is 24.5 Å². The molecule has 0 bridgehead atoms. The second kappa shape index (κ2) is 20.9. The molecule has 19 nitrogen and oxygen atoms in total. The highest BCUT2D eigenvalue weighted by Gasteiger charge is 2.51. The quantitative estimate of drug-likeness (QED) is 0.0864. The Morgan fingerprint density at radius 3 is 2.49 bits per heavy atom. The molecule has 7 aliphatic heterocycles. The van der Waals surface area contributed by atoms with Gasteiger partial charge in [0.25, 0.3) is 21.6 Å². The van der Waals surface area contributed by atoms with Gasteiger partial charge in [-0.2, -0.15) is 9.37 Å². The number of hydrogen-bond acceptors (Lipinski definition) is 16. The van der Waals surface area contributed by atoms with Crippen LogP contribution in [0.5, 0.6) is 17.4 Å². The Balaban J connectivity index is 0.735. The number of benzene rings is 4. The van der Waals surface area contributed by atoms with E-state index < -0.39 is 49.2 Å². The Labute approximate surface area is 473 Å². The van der Waals surface area contributed by atoms with Gasteiger partial charge in [0, 0.05) is 112 Å². The van der Waals surface area contributed by atoms with Crippen molar-refractivity contribution in [3.05, 3.63) is 129 Å². The number of fused-ring (bicyclic) bond motifs is 5. The van der Waals surface area contributed by atoms with Crippen LogP contribution in [0.2, 0.25) is 0 Å². The van der Waals surface area contributed by atoms with Gasteiger partial charge in [-0.15, -0.1) is 0 Å². The predicted octanol–water partition coefficient (Wildman–Crippen LogP) is 9.10. The number of aromatic nitrogens is 2. The number of nitrogens with one attached hydrogen (secondary N) is 3. The molecule has 1 spiro atoms. The second-order valence-corrected chi connectivity index (χ2v) is 25.2. The van der Waals surface area contributed by atoms with Gasteiger partial charge in [0.2, 0.25) is 11.7 Å². The zero-order valence-corrected chi connectivity index (χ0v) is 46.3. The number of sulfonamides is 1. The molecule has 1 amide bonds. The third-order valence-corrected chi connectivity index (χ3v) is 20.3. The number of piperidine rings is 1. The first-order chi connectivity index (χ1) is 39.8. The summed E-state index contributed by atoms with van der Waals surface area (Å²) >= 11 is 0. The number of piperazine rings is 1. The molecule has 5 fully saturated rings. The molecule has 14 rings (SSSR count). The number of aromatic amines is 1. The number of ether oxygens (including phenoxy) is 5. The maximum absolute atomic E-state index is 15.0. The number of aryl methyl sites for hydroxylation is 1. The summed E-state index contributed by atoms with van der Waals surface area (Å²) in [5.74, 6) is -2.21. The smallest absolute Gasteiger partial charge is 0.297 e. The van der Waals surface area contributed by atoms with Gasteiger partial charge in [0.1, 0.15) is 24.0 Å². The number of halogens is 2. The molecule has 1 aliphatic carbocycles. The number of anilines is 4. The number of amides is 1. The lowest BCUT2D eigenvalue weighted by Crippen LogP contribution is -2.60. The van der Waals surface area contributed by atoms with Gasteiger partial charge in [-0.3, -0.25) is 24.7 Å².